The van der Waals surface area contributed by atoms with Crippen molar-refractivity contribution in [3.05, 3.63) is 29.8 Å². The van der Waals surface area contributed by atoms with Crippen LogP contribution in [0.3, 0.4) is 0 Å². The van der Waals surface area contributed by atoms with Crippen LogP contribution in [-0.2, 0) is 4.79 Å². The first-order valence-corrected chi connectivity index (χ1v) is 8.56. The lowest BCUT2D eigenvalue weighted by Gasteiger charge is -2.24. The zero-order valence-corrected chi connectivity index (χ0v) is 13.7. The Kier molecular flexibility index (Phi) is 4.84. The number of hydrogen-bond donors (Lipinski definition) is 2. The number of hydrogen-bond acceptors (Lipinski definition) is 2. The van der Waals surface area contributed by atoms with E-state index in [0.717, 1.165) is 18.5 Å². The Hall–Kier alpha value is -2.04. The van der Waals surface area contributed by atoms with Gasteiger partial charge < -0.3 is 15.5 Å². The highest BCUT2D eigenvalue weighted by molar-refractivity contribution is 5.96. The van der Waals surface area contributed by atoms with E-state index < -0.39 is 0 Å². The van der Waals surface area contributed by atoms with Crippen molar-refractivity contribution in [2.75, 3.05) is 11.4 Å². The molecule has 23 heavy (non-hydrogen) atoms. The van der Waals surface area contributed by atoms with Gasteiger partial charge in [0.25, 0.3) is 0 Å². The fourth-order valence-electron chi connectivity index (χ4n) is 3.44. The molecule has 124 valence electrons. The molecule has 5 nitrogen and oxygen atoms in total. The maximum atomic E-state index is 12.2. The van der Waals surface area contributed by atoms with Gasteiger partial charge in [-0.1, -0.05) is 37.0 Å². The van der Waals surface area contributed by atoms with Crippen LogP contribution in [0.4, 0.5) is 10.5 Å². The molecule has 0 unspecified atom stereocenters. The molecular formula is C18H25N3O2. The average Bonchev–Trinajstić information content (AvgIpc) is 2.89. The molecular weight excluding hydrogens is 290 g/mol. The van der Waals surface area contributed by atoms with Crippen LogP contribution >= 0.6 is 0 Å². The van der Waals surface area contributed by atoms with Crippen LogP contribution in [0.5, 0.6) is 0 Å². The topological polar surface area (TPSA) is 61.4 Å². The predicted molar refractivity (Wildman–Crippen MR) is 90.5 cm³/mol. The number of benzene rings is 1. The second-order valence-corrected chi connectivity index (χ2v) is 6.69. The number of rotatable bonds is 3. The van der Waals surface area contributed by atoms with E-state index in [1.807, 2.05) is 31.2 Å². The van der Waals surface area contributed by atoms with Crippen LogP contribution in [0, 0.1) is 6.92 Å². The lowest BCUT2D eigenvalue weighted by molar-refractivity contribution is -0.117. The Labute approximate surface area is 137 Å². The molecule has 2 aliphatic rings. The molecule has 1 aromatic rings. The number of nitrogens with one attached hydrogen (secondary N) is 2. The summed E-state index contributed by atoms with van der Waals surface area (Å²) < 4.78 is 0. The maximum Gasteiger partial charge on any atom is 0.315 e. The maximum absolute atomic E-state index is 12.2. The smallest absolute Gasteiger partial charge is 0.315 e. The molecule has 3 rings (SSSR count). The van der Waals surface area contributed by atoms with Gasteiger partial charge >= 0.3 is 6.03 Å². The summed E-state index contributed by atoms with van der Waals surface area (Å²) in [5.74, 6) is 0.0665. The summed E-state index contributed by atoms with van der Waals surface area (Å²) >= 11 is 0. The fraction of sp³-hybridized carbons (Fsp3) is 0.556. The number of carbonyl (C=O) groups is 2. The van der Waals surface area contributed by atoms with Crippen LogP contribution in [0.2, 0.25) is 0 Å². The van der Waals surface area contributed by atoms with Crippen molar-refractivity contribution in [2.45, 2.75) is 57.5 Å². The standard InChI is InChI=1S/C18H25N3O2/c1-13-7-9-16(10-8-13)21-12-15(11-17(21)22)20-18(23)19-14-5-3-2-4-6-14/h7-10,14-15H,2-6,11-12H2,1H3,(H2,19,20,23)/t15-/m1/s1. The summed E-state index contributed by atoms with van der Waals surface area (Å²) in [5.41, 5.74) is 2.07. The molecule has 1 heterocycles. The monoisotopic (exact) mass is 315 g/mol. The number of aryl methyl sites for hydroxylation is 1. The quantitative estimate of drug-likeness (QED) is 0.901. The Morgan fingerprint density at radius 3 is 2.39 bits per heavy atom. The third kappa shape index (κ3) is 4.03. The van der Waals surface area contributed by atoms with Gasteiger partial charge in [0.15, 0.2) is 0 Å². The lowest BCUT2D eigenvalue weighted by atomic mass is 9.96. The van der Waals surface area contributed by atoms with Gasteiger partial charge in [-0.2, -0.15) is 0 Å². The number of carbonyl (C=O) groups excluding carboxylic acids is 2. The minimum Gasteiger partial charge on any atom is -0.335 e. The van der Waals surface area contributed by atoms with E-state index in [1.165, 1.54) is 24.8 Å². The van der Waals surface area contributed by atoms with Gasteiger partial charge in [-0.25, -0.2) is 4.79 Å². The van der Waals surface area contributed by atoms with Crippen molar-refractivity contribution in [2.24, 2.45) is 0 Å². The van der Waals surface area contributed by atoms with Crippen molar-refractivity contribution in [3.63, 3.8) is 0 Å². The number of nitrogens with zero attached hydrogens (tertiary/aromatic N) is 1. The molecule has 1 aliphatic carbocycles. The minimum atomic E-state index is -0.138. The zero-order chi connectivity index (χ0) is 16.2. The van der Waals surface area contributed by atoms with Gasteiger partial charge in [0, 0.05) is 24.7 Å². The highest BCUT2D eigenvalue weighted by Crippen LogP contribution is 2.22. The zero-order valence-electron chi connectivity index (χ0n) is 13.7. The Bertz CT molecular complexity index is 564. The molecule has 3 amide bonds. The number of urea groups is 1. The molecule has 2 N–H and O–H groups in total. The first-order valence-electron chi connectivity index (χ1n) is 8.56. The van der Waals surface area contributed by atoms with E-state index in [-0.39, 0.29) is 24.0 Å². The lowest BCUT2D eigenvalue weighted by Crippen LogP contribution is -2.47. The van der Waals surface area contributed by atoms with Gasteiger partial charge in [0.2, 0.25) is 5.91 Å². The first-order chi connectivity index (χ1) is 11.1. The van der Waals surface area contributed by atoms with E-state index in [4.69, 9.17) is 0 Å². The van der Waals surface area contributed by atoms with E-state index in [1.54, 1.807) is 4.90 Å². The van der Waals surface area contributed by atoms with Crippen LogP contribution in [0.1, 0.15) is 44.1 Å². The summed E-state index contributed by atoms with van der Waals surface area (Å²) in [4.78, 5) is 26.1. The number of amides is 3. The van der Waals surface area contributed by atoms with E-state index in [9.17, 15) is 9.59 Å². The highest BCUT2D eigenvalue weighted by Gasteiger charge is 2.31. The second-order valence-electron chi connectivity index (χ2n) is 6.69. The molecule has 0 bridgehead atoms. The Morgan fingerprint density at radius 2 is 1.70 bits per heavy atom. The molecule has 0 spiro atoms. The normalized spacial score (nSPS) is 22.2. The summed E-state index contributed by atoms with van der Waals surface area (Å²) in [7, 11) is 0. The molecule has 1 saturated carbocycles. The molecule has 2 fully saturated rings. The molecule has 1 atom stereocenters. The van der Waals surface area contributed by atoms with Gasteiger partial charge in [-0.05, 0) is 31.9 Å². The van der Waals surface area contributed by atoms with E-state index >= 15 is 0 Å². The van der Waals surface area contributed by atoms with Crippen LogP contribution in [0.25, 0.3) is 0 Å². The summed E-state index contributed by atoms with van der Waals surface area (Å²) in [6, 6.07) is 7.94. The second kappa shape index (κ2) is 7.02. The Balaban J connectivity index is 1.52. The Morgan fingerprint density at radius 1 is 1.04 bits per heavy atom. The third-order valence-corrected chi connectivity index (χ3v) is 4.75. The fourth-order valence-corrected chi connectivity index (χ4v) is 3.44. The van der Waals surface area contributed by atoms with Crippen LogP contribution in [-0.4, -0.2) is 30.6 Å². The minimum absolute atomic E-state index is 0.0665. The van der Waals surface area contributed by atoms with Gasteiger partial charge in [-0.15, -0.1) is 0 Å². The largest absolute Gasteiger partial charge is 0.335 e. The molecule has 0 radical (unpaired) electrons. The van der Waals surface area contributed by atoms with Crippen molar-refractivity contribution >= 4 is 17.6 Å². The number of anilines is 1. The van der Waals surface area contributed by atoms with Gasteiger partial charge in [0.05, 0.1) is 6.04 Å². The summed E-state index contributed by atoms with van der Waals surface area (Å²) in [6.07, 6.45) is 6.13. The van der Waals surface area contributed by atoms with Crippen molar-refractivity contribution in [1.29, 1.82) is 0 Å². The SMILES string of the molecule is Cc1ccc(N2C[C@H](NC(=O)NC3CCCCC3)CC2=O)cc1. The van der Waals surface area contributed by atoms with Crippen LogP contribution in [0.15, 0.2) is 24.3 Å². The third-order valence-electron chi connectivity index (χ3n) is 4.75. The van der Waals surface area contributed by atoms with Crippen LogP contribution < -0.4 is 15.5 Å². The van der Waals surface area contributed by atoms with Crippen molar-refractivity contribution < 1.29 is 9.59 Å². The van der Waals surface area contributed by atoms with E-state index in [2.05, 4.69) is 10.6 Å². The van der Waals surface area contributed by atoms with Crippen molar-refractivity contribution in [3.8, 4) is 0 Å². The molecule has 0 aromatic heterocycles. The molecule has 5 heteroatoms. The summed E-state index contributed by atoms with van der Waals surface area (Å²) in [6.45, 7) is 2.57. The van der Waals surface area contributed by atoms with Crippen molar-refractivity contribution in [1.82, 2.24) is 10.6 Å². The predicted octanol–water partition coefficient (Wildman–Crippen LogP) is 2.73. The highest BCUT2D eigenvalue weighted by atomic mass is 16.2. The van der Waals surface area contributed by atoms with Gasteiger partial charge in [-0.3, -0.25) is 4.79 Å². The van der Waals surface area contributed by atoms with E-state index in [0.29, 0.717) is 13.0 Å². The molecule has 1 saturated heterocycles. The molecule has 1 aromatic carbocycles. The van der Waals surface area contributed by atoms with Gasteiger partial charge in [0.1, 0.15) is 0 Å². The average molecular weight is 315 g/mol. The summed E-state index contributed by atoms with van der Waals surface area (Å²) in [5, 5.41) is 6.00. The first kappa shape index (κ1) is 15.8. The molecule has 1 aliphatic heterocycles.